The van der Waals surface area contributed by atoms with Crippen LogP contribution in [0.5, 0.6) is 5.88 Å². The Morgan fingerprint density at radius 2 is 2.22 bits per heavy atom. The van der Waals surface area contributed by atoms with Crippen molar-refractivity contribution in [1.82, 2.24) is 9.97 Å². The van der Waals surface area contributed by atoms with Crippen molar-refractivity contribution < 1.29 is 9.47 Å². The van der Waals surface area contributed by atoms with Gasteiger partial charge in [0, 0.05) is 13.7 Å². The molecule has 0 saturated heterocycles. The van der Waals surface area contributed by atoms with Crippen molar-refractivity contribution in [2.75, 3.05) is 32.2 Å². The van der Waals surface area contributed by atoms with Crippen molar-refractivity contribution >= 4 is 27.5 Å². The van der Waals surface area contributed by atoms with Gasteiger partial charge in [-0.25, -0.2) is 4.98 Å². The number of hydrogen-bond donors (Lipinski definition) is 1. The van der Waals surface area contributed by atoms with Crippen LogP contribution in [0, 0.1) is 0 Å². The fraction of sp³-hybridized carbons (Fsp3) is 0.500. The molecule has 0 atom stereocenters. The number of nitrogens with one attached hydrogen (secondary N) is 1. The fourth-order valence-corrected chi connectivity index (χ4v) is 2.24. The van der Waals surface area contributed by atoms with E-state index >= 15 is 0 Å². The van der Waals surface area contributed by atoms with Gasteiger partial charge in [0.2, 0.25) is 11.8 Å². The van der Waals surface area contributed by atoms with Crippen molar-refractivity contribution in [1.29, 1.82) is 0 Å². The first-order chi connectivity index (χ1) is 8.85. The minimum absolute atomic E-state index is 0.494. The maximum atomic E-state index is 5.63. The van der Waals surface area contributed by atoms with Crippen LogP contribution in [0.4, 0.5) is 5.95 Å². The van der Waals surface area contributed by atoms with Gasteiger partial charge in [0.15, 0.2) is 0 Å². The van der Waals surface area contributed by atoms with E-state index in [2.05, 4.69) is 22.2 Å². The maximum Gasteiger partial charge on any atom is 0.236 e. The molecule has 0 unspecified atom stereocenters. The number of ether oxygens (including phenoxy) is 2. The van der Waals surface area contributed by atoms with E-state index in [0.717, 1.165) is 23.2 Å². The van der Waals surface area contributed by atoms with Crippen LogP contribution in [-0.2, 0) is 4.74 Å². The molecule has 0 aliphatic carbocycles. The van der Waals surface area contributed by atoms with Gasteiger partial charge < -0.3 is 14.8 Å². The second-order valence-corrected chi connectivity index (χ2v) is 4.67. The van der Waals surface area contributed by atoms with Crippen molar-refractivity contribution in [2.24, 2.45) is 0 Å². The molecule has 0 saturated carbocycles. The molecule has 0 spiro atoms. The molecule has 0 radical (unpaired) electrons. The van der Waals surface area contributed by atoms with Gasteiger partial charge in [0.1, 0.15) is 11.3 Å². The maximum absolute atomic E-state index is 5.63. The van der Waals surface area contributed by atoms with Gasteiger partial charge in [-0.1, -0.05) is 6.92 Å². The van der Waals surface area contributed by atoms with Gasteiger partial charge in [-0.15, -0.1) is 11.3 Å². The molecule has 0 aliphatic rings. The summed E-state index contributed by atoms with van der Waals surface area (Å²) in [6, 6.07) is 1.97. The average molecular weight is 267 g/mol. The van der Waals surface area contributed by atoms with Crippen LogP contribution < -0.4 is 10.1 Å². The number of anilines is 1. The van der Waals surface area contributed by atoms with E-state index in [9.17, 15) is 0 Å². The molecule has 2 aromatic heterocycles. The fourth-order valence-electron chi connectivity index (χ4n) is 1.47. The summed E-state index contributed by atoms with van der Waals surface area (Å²) < 4.78 is 11.6. The summed E-state index contributed by atoms with van der Waals surface area (Å²) in [5.74, 6) is 1.25. The number of hydrogen-bond acceptors (Lipinski definition) is 6. The molecule has 2 rings (SSSR count). The van der Waals surface area contributed by atoms with Crippen LogP contribution >= 0.6 is 11.3 Å². The van der Waals surface area contributed by atoms with E-state index in [4.69, 9.17) is 9.47 Å². The second kappa shape index (κ2) is 6.51. The molecule has 1 N–H and O–H groups in total. The van der Waals surface area contributed by atoms with Crippen molar-refractivity contribution in [3.05, 3.63) is 11.4 Å². The molecule has 0 aliphatic heterocycles. The van der Waals surface area contributed by atoms with Gasteiger partial charge in [-0.2, -0.15) is 4.98 Å². The third-order valence-electron chi connectivity index (χ3n) is 2.33. The van der Waals surface area contributed by atoms with Crippen LogP contribution in [0.1, 0.15) is 13.3 Å². The molecule has 0 bridgehead atoms. The summed E-state index contributed by atoms with van der Waals surface area (Å²) in [4.78, 5) is 8.83. The quantitative estimate of drug-likeness (QED) is 0.781. The Bertz CT molecular complexity index is 501. The van der Waals surface area contributed by atoms with E-state index in [1.54, 1.807) is 18.4 Å². The number of fused-ring (bicyclic) bond motifs is 1. The molecule has 2 heterocycles. The molecule has 18 heavy (non-hydrogen) atoms. The van der Waals surface area contributed by atoms with Crippen LogP contribution in [-0.4, -0.2) is 36.8 Å². The minimum Gasteiger partial charge on any atom is -0.474 e. The molecule has 2 aromatic rings. The van der Waals surface area contributed by atoms with Crippen LogP contribution in [0.15, 0.2) is 11.4 Å². The molecular weight excluding hydrogens is 250 g/mol. The number of nitrogens with zero attached hydrogens (tertiary/aromatic N) is 2. The first-order valence-electron chi connectivity index (χ1n) is 5.96. The Hall–Kier alpha value is -1.40. The van der Waals surface area contributed by atoms with Crippen LogP contribution in [0.3, 0.4) is 0 Å². The summed E-state index contributed by atoms with van der Waals surface area (Å²) in [5, 5.41) is 5.17. The van der Waals surface area contributed by atoms with Crippen molar-refractivity contribution in [3.8, 4) is 5.88 Å². The molecular formula is C12H17N3O2S. The SMILES string of the molecule is CCCNc1nc(OCCOC)c2sccc2n1. The molecule has 98 valence electrons. The van der Waals surface area contributed by atoms with Crippen LogP contribution in [0.2, 0.25) is 0 Å². The molecule has 6 heteroatoms. The molecule has 0 amide bonds. The summed E-state index contributed by atoms with van der Waals surface area (Å²) in [6.07, 6.45) is 1.03. The van der Waals surface area contributed by atoms with E-state index in [1.807, 2.05) is 11.4 Å². The monoisotopic (exact) mass is 267 g/mol. The Balaban J connectivity index is 2.21. The Morgan fingerprint density at radius 1 is 1.33 bits per heavy atom. The highest BCUT2D eigenvalue weighted by Gasteiger charge is 2.09. The zero-order chi connectivity index (χ0) is 12.8. The molecule has 5 nitrogen and oxygen atoms in total. The second-order valence-electron chi connectivity index (χ2n) is 3.76. The highest BCUT2D eigenvalue weighted by atomic mass is 32.1. The van der Waals surface area contributed by atoms with Gasteiger partial charge in [-0.3, -0.25) is 0 Å². The van der Waals surface area contributed by atoms with Gasteiger partial charge in [0.05, 0.1) is 12.1 Å². The lowest BCUT2D eigenvalue weighted by Gasteiger charge is -2.08. The third-order valence-corrected chi connectivity index (χ3v) is 3.22. The summed E-state index contributed by atoms with van der Waals surface area (Å²) >= 11 is 1.59. The predicted octanol–water partition coefficient (Wildman–Crippen LogP) is 2.54. The topological polar surface area (TPSA) is 56.3 Å². The Kier molecular flexibility index (Phi) is 4.72. The predicted molar refractivity (Wildman–Crippen MR) is 73.6 cm³/mol. The largest absolute Gasteiger partial charge is 0.474 e. The average Bonchev–Trinajstić information content (AvgIpc) is 2.85. The first kappa shape index (κ1) is 13.0. The highest BCUT2D eigenvalue weighted by Crippen LogP contribution is 2.28. The summed E-state index contributed by atoms with van der Waals surface area (Å²) in [5.41, 5.74) is 0.918. The minimum atomic E-state index is 0.494. The lowest BCUT2D eigenvalue weighted by Crippen LogP contribution is -2.08. The lowest BCUT2D eigenvalue weighted by molar-refractivity contribution is 0.145. The molecule has 0 aromatic carbocycles. The highest BCUT2D eigenvalue weighted by molar-refractivity contribution is 7.17. The van der Waals surface area contributed by atoms with Crippen molar-refractivity contribution in [3.63, 3.8) is 0 Å². The Morgan fingerprint density at radius 3 is 3.00 bits per heavy atom. The third kappa shape index (κ3) is 3.08. The first-order valence-corrected chi connectivity index (χ1v) is 6.84. The normalized spacial score (nSPS) is 10.8. The van der Waals surface area contributed by atoms with E-state index in [-0.39, 0.29) is 0 Å². The van der Waals surface area contributed by atoms with E-state index < -0.39 is 0 Å². The van der Waals surface area contributed by atoms with Crippen LogP contribution in [0.25, 0.3) is 10.2 Å². The standard InChI is InChI=1S/C12H17N3O2S/c1-3-5-13-12-14-9-4-8-18-10(9)11(15-12)17-7-6-16-2/h4,8H,3,5-7H2,1-2H3,(H,13,14,15). The summed E-state index contributed by atoms with van der Waals surface area (Å²) in [7, 11) is 1.65. The van der Waals surface area contributed by atoms with Gasteiger partial charge in [0.25, 0.3) is 0 Å². The van der Waals surface area contributed by atoms with Gasteiger partial charge >= 0.3 is 0 Å². The smallest absolute Gasteiger partial charge is 0.236 e. The van der Waals surface area contributed by atoms with E-state index in [0.29, 0.717) is 25.0 Å². The Labute approximate surface area is 110 Å². The van der Waals surface area contributed by atoms with Crippen molar-refractivity contribution in [2.45, 2.75) is 13.3 Å². The zero-order valence-electron chi connectivity index (χ0n) is 10.6. The van der Waals surface area contributed by atoms with E-state index in [1.165, 1.54) is 0 Å². The lowest BCUT2D eigenvalue weighted by atomic mass is 10.4. The zero-order valence-corrected chi connectivity index (χ0v) is 11.4. The van der Waals surface area contributed by atoms with Gasteiger partial charge in [-0.05, 0) is 17.9 Å². The number of thiophene rings is 1. The molecule has 0 fully saturated rings. The summed E-state index contributed by atoms with van der Waals surface area (Å²) in [6.45, 7) is 4.00. The number of methoxy groups -OCH3 is 1. The number of aromatic nitrogens is 2. The number of rotatable bonds is 7.